The molecular formula is C13H18N4OS. The fourth-order valence-corrected chi connectivity index (χ4v) is 2.69. The summed E-state index contributed by atoms with van der Waals surface area (Å²) in [6.07, 6.45) is 0. The van der Waals surface area contributed by atoms with Crippen LogP contribution in [0.25, 0.3) is 0 Å². The van der Waals surface area contributed by atoms with E-state index in [9.17, 15) is 4.79 Å². The number of hydrogen-bond donors (Lipinski definition) is 0. The van der Waals surface area contributed by atoms with Gasteiger partial charge in [-0.15, -0.1) is 0 Å². The molecule has 1 heterocycles. The zero-order valence-corrected chi connectivity index (χ0v) is 12.5. The first kappa shape index (κ1) is 15.4. The topological polar surface area (TPSA) is 69.9 Å². The van der Waals surface area contributed by atoms with Crippen LogP contribution in [0.4, 0.5) is 0 Å². The van der Waals surface area contributed by atoms with Crippen LogP contribution in [0.5, 0.6) is 0 Å². The molecule has 5 nitrogen and oxygen atoms in total. The predicted octanol–water partition coefficient (Wildman–Crippen LogP) is 1.93. The third-order valence-corrected chi connectivity index (χ3v) is 3.69. The van der Waals surface area contributed by atoms with Gasteiger partial charge in [0, 0.05) is 13.1 Å². The number of nitrogens with zero attached hydrogens (tertiary/aromatic N) is 4. The molecule has 19 heavy (non-hydrogen) atoms. The standard InChI is InChI=1S/C13H18N4OS/c1-5-17(6-2)12(18)8-19-13-11(7-14)9(3)15-10(4)16-13/h5-6,8H2,1-4H3. The van der Waals surface area contributed by atoms with Crippen LogP contribution < -0.4 is 0 Å². The Kier molecular flexibility index (Phi) is 5.77. The van der Waals surface area contributed by atoms with E-state index in [0.717, 1.165) is 0 Å². The van der Waals surface area contributed by atoms with Gasteiger partial charge in [0.2, 0.25) is 5.91 Å². The number of carbonyl (C=O) groups is 1. The van der Waals surface area contributed by atoms with Crippen molar-refractivity contribution in [1.29, 1.82) is 5.26 Å². The summed E-state index contributed by atoms with van der Waals surface area (Å²) in [5.74, 6) is 0.980. The number of nitriles is 1. The van der Waals surface area contributed by atoms with Crippen molar-refractivity contribution in [1.82, 2.24) is 14.9 Å². The molecule has 0 N–H and O–H groups in total. The Bertz CT molecular complexity index is 506. The Morgan fingerprint density at radius 1 is 1.32 bits per heavy atom. The lowest BCUT2D eigenvalue weighted by Gasteiger charge is -2.18. The number of rotatable bonds is 5. The summed E-state index contributed by atoms with van der Waals surface area (Å²) >= 11 is 1.30. The van der Waals surface area contributed by atoms with Crippen LogP contribution in [-0.2, 0) is 4.79 Å². The monoisotopic (exact) mass is 278 g/mol. The van der Waals surface area contributed by atoms with Gasteiger partial charge in [0.25, 0.3) is 0 Å². The Morgan fingerprint density at radius 3 is 2.47 bits per heavy atom. The summed E-state index contributed by atoms with van der Waals surface area (Å²) in [4.78, 5) is 22.1. The second kappa shape index (κ2) is 7.10. The Labute approximate surface area is 118 Å². The molecular weight excluding hydrogens is 260 g/mol. The maximum absolute atomic E-state index is 11.9. The van der Waals surface area contributed by atoms with Crippen LogP contribution in [0.1, 0.15) is 30.9 Å². The second-order valence-electron chi connectivity index (χ2n) is 4.00. The lowest BCUT2D eigenvalue weighted by atomic mass is 10.3. The molecule has 0 saturated carbocycles. The van der Waals surface area contributed by atoms with Crippen molar-refractivity contribution in [3.05, 3.63) is 17.1 Å². The molecule has 0 spiro atoms. The highest BCUT2D eigenvalue weighted by molar-refractivity contribution is 8.00. The molecule has 1 aromatic heterocycles. The first-order chi connectivity index (χ1) is 9.03. The average molecular weight is 278 g/mol. The van der Waals surface area contributed by atoms with Crippen LogP contribution in [-0.4, -0.2) is 39.6 Å². The maximum atomic E-state index is 11.9. The molecule has 0 radical (unpaired) electrons. The summed E-state index contributed by atoms with van der Waals surface area (Å²) in [7, 11) is 0. The van der Waals surface area contributed by atoms with Crippen LogP contribution in [0.3, 0.4) is 0 Å². The van der Waals surface area contributed by atoms with Gasteiger partial charge in [-0.2, -0.15) is 5.26 Å². The first-order valence-electron chi connectivity index (χ1n) is 6.19. The lowest BCUT2D eigenvalue weighted by Crippen LogP contribution is -2.31. The number of carbonyl (C=O) groups excluding carboxylic acids is 1. The molecule has 102 valence electrons. The lowest BCUT2D eigenvalue weighted by molar-refractivity contribution is -0.127. The van der Waals surface area contributed by atoms with Crippen molar-refractivity contribution in [2.75, 3.05) is 18.8 Å². The van der Waals surface area contributed by atoms with Crippen molar-refractivity contribution >= 4 is 17.7 Å². The van der Waals surface area contributed by atoms with E-state index in [1.807, 2.05) is 13.8 Å². The highest BCUT2D eigenvalue weighted by Gasteiger charge is 2.14. The van der Waals surface area contributed by atoms with Gasteiger partial charge in [0.1, 0.15) is 22.5 Å². The minimum Gasteiger partial charge on any atom is -0.343 e. The van der Waals surface area contributed by atoms with E-state index in [2.05, 4.69) is 16.0 Å². The maximum Gasteiger partial charge on any atom is 0.232 e. The molecule has 0 unspecified atom stereocenters. The largest absolute Gasteiger partial charge is 0.343 e. The highest BCUT2D eigenvalue weighted by atomic mass is 32.2. The number of thioether (sulfide) groups is 1. The van der Waals surface area contributed by atoms with Gasteiger partial charge in [-0.25, -0.2) is 9.97 Å². The van der Waals surface area contributed by atoms with E-state index < -0.39 is 0 Å². The average Bonchev–Trinajstić information content (AvgIpc) is 2.37. The molecule has 6 heteroatoms. The van der Waals surface area contributed by atoms with Crippen LogP contribution in [0, 0.1) is 25.2 Å². The summed E-state index contributed by atoms with van der Waals surface area (Å²) in [5.41, 5.74) is 1.12. The number of aromatic nitrogens is 2. The Hall–Kier alpha value is -1.61. The zero-order valence-electron chi connectivity index (χ0n) is 11.7. The van der Waals surface area contributed by atoms with E-state index in [0.29, 0.717) is 41.0 Å². The van der Waals surface area contributed by atoms with E-state index in [1.165, 1.54) is 11.8 Å². The van der Waals surface area contributed by atoms with Gasteiger partial charge < -0.3 is 4.90 Å². The van der Waals surface area contributed by atoms with Crippen molar-refractivity contribution < 1.29 is 4.79 Å². The highest BCUT2D eigenvalue weighted by Crippen LogP contribution is 2.22. The fraction of sp³-hybridized carbons (Fsp3) is 0.538. The van der Waals surface area contributed by atoms with Gasteiger partial charge in [0.15, 0.2) is 0 Å². The Balaban J connectivity index is 2.84. The third kappa shape index (κ3) is 3.93. The molecule has 0 saturated heterocycles. The molecule has 0 atom stereocenters. The summed E-state index contributed by atoms with van der Waals surface area (Å²) in [6.45, 7) is 8.86. The molecule has 0 aliphatic rings. The minimum atomic E-state index is 0.0628. The quantitative estimate of drug-likeness (QED) is 0.608. The third-order valence-electron chi connectivity index (χ3n) is 2.73. The smallest absolute Gasteiger partial charge is 0.232 e. The summed E-state index contributed by atoms with van der Waals surface area (Å²) < 4.78 is 0. The van der Waals surface area contributed by atoms with Crippen molar-refractivity contribution in [3.8, 4) is 6.07 Å². The molecule has 1 aromatic rings. The molecule has 0 aliphatic carbocycles. The van der Waals surface area contributed by atoms with E-state index in [1.54, 1.807) is 18.7 Å². The van der Waals surface area contributed by atoms with E-state index >= 15 is 0 Å². The number of hydrogen-bond acceptors (Lipinski definition) is 5. The molecule has 0 fully saturated rings. The number of amides is 1. The SMILES string of the molecule is CCN(CC)C(=O)CSc1nc(C)nc(C)c1C#N. The zero-order chi connectivity index (χ0) is 14.4. The Morgan fingerprint density at radius 2 is 1.95 bits per heavy atom. The summed E-state index contributed by atoms with van der Waals surface area (Å²) in [5, 5.41) is 9.71. The van der Waals surface area contributed by atoms with Crippen molar-refractivity contribution in [3.63, 3.8) is 0 Å². The molecule has 1 rings (SSSR count). The molecule has 1 amide bonds. The predicted molar refractivity (Wildman–Crippen MR) is 74.9 cm³/mol. The van der Waals surface area contributed by atoms with Gasteiger partial charge in [-0.1, -0.05) is 11.8 Å². The van der Waals surface area contributed by atoms with Gasteiger partial charge >= 0.3 is 0 Å². The number of aryl methyl sites for hydroxylation is 2. The van der Waals surface area contributed by atoms with Crippen molar-refractivity contribution in [2.24, 2.45) is 0 Å². The molecule has 0 aromatic carbocycles. The molecule has 0 bridgehead atoms. The second-order valence-corrected chi connectivity index (χ2v) is 4.97. The minimum absolute atomic E-state index is 0.0628. The molecule has 0 aliphatic heterocycles. The van der Waals surface area contributed by atoms with Crippen LogP contribution in [0.2, 0.25) is 0 Å². The van der Waals surface area contributed by atoms with Gasteiger partial charge in [-0.3, -0.25) is 4.79 Å². The first-order valence-corrected chi connectivity index (χ1v) is 7.17. The van der Waals surface area contributed by atoms with Crippen LogP contribution >= 0.6 is 11.8 Å². The summed E-state index contributed by atoms with van der Waals surface area (Å²) in [6, 6.07) is 2.10. The van der Waals surface area contributed by atoms with Crippen molar-refractivity contribution in [2.45, 2.75) is 32.7 Å². The fourth-order valence-electron chi connectivity index (χ4n) is 1.71. The van der Waals surface area contributed by atoms with Crippen LogP contribution in [0.15, 0.2) is 5.03 Å². The normalized spacial score (nSPS) is 10.1. The van der Waals surface area contributed by atoms with Gasteiger partial charge in [0.05, 0.1) is 11.4 Å². The van der Waals surface area contributed by atoms with E-state index in [4.69, 9.17) is 5.26 Å². The van der Waals surface area contributed by atoms with Gasteiger partial charge in [-0.05, 0) is 27.7 Å². The van der Waals surface area contributed by atoms with E-state index in [-0.39, 0.29) is 5.91 Å².